The maximum absolute atomic E-state index is 12.3. The Morgan fingerprint density at radius 2 is 1.67 bits per heavy atom. The van der Waals surface area contributed by atoms with Gasteiger partial charge < -0.3 is 4.74 Å². The fraction of sp³-hybridized carbons (Fsp3) is 0.800. The molecule has 18 heavy (non-hydrogen) atoms. The van der Waals surface area contributed by atoms with E-state index in [1.165, 1.54) is 19.3 Å². The van der Waals surface area contributed by atoms with Crippen LogP contribution in [0.2, 0.25) is 18.1 Å². The molecule has 102 valence electrons. The summed E-state index contributed by atoms with van der Waals surface area (Å²) in [6.45, 7) is 6.75. The van der Waals surface area contributed by atoms with Crippen LogP contribution >= 0.6 is 0 Å². The predicted molar refractivity (Wildman–Crippen MR) is 77.2 cm³/mol. The molecule has 0 aromatic heterocycles. The Bertz CT molecular complexity index is 341. The number of hydrogen-bond donors (Lipinski definition) is 0. The molecule has 2 aliphatic rings. The van der Waals surface area contributed by atoms with E-state index in [0.717, 1.165) is 36.2 Å². The van der Waals surface area contributed by atoms with Gasteiger partial charge in [0.25, 0.3) is 0 Å². The van der Waals surface area contributed by atoms with E-state index in [4.69, 9.17) is 4.74 Å². The van der Waals surface area contributed by atoms with Gasteiger partial charge >= 0.3 is 5.97 Å². The normalized spacial score (nSPS) is 23.1. The van der Waals surface area contributed by atoms with Gasteiger partial charge in [0.2, 0.25) is 0 Å². The summed E-state index contributed by atoms with van der Waals surface area (Å²) in [7, 11) is -1.57. The van der Waals surface area contributed by atoms with Gasteiger partial charge in [-0.3, -0.25) is 0 Å². The number of esters is 1. The minimum atomic E-state index is -1.57. The fourth-order valence-corrected chi connectivity index (χ4v) is 7.37. The quantitative estimate of drug-likeness (QED) is 0.562. The number of rotatable bonds is 4. The Balaban J connectivity index is 2.31. The van der Waals surface area contributed by atoms with Gasteiger partial charge in [0.05, 0.1) is 8.07 Å². The Labute approximate surface area is 112 Å². The summed E-state index contributed by atoms with van der Waals surface area (Å²) in [5.74, 6) is 0.0223. The van der Waals surface area contributed by atoms with Crippen molar-refractivity contribution in [1.29, 1.82) is 0 Å². The van der Waals surface area contributed by atoms with Crippen molar-refractivity contribution in [2.45, 2.75) is 76.6 Å². The van der Waals surface area contributed by atoms with Crippen molar-refractivity contribution in [3.63, 3.8) is 0 Å². The SMILES string of the molecule is CC[Si](CC)(CC)C1=CC2(CCCCC2)OC1=O. The summed E-state index contributed by atoms with van der Waals surface area (Å²) < 4.78 is 5.82. The molecule has 0 radical (unpaired) electrons. The Morgan fingerprint density at radius 3 is 2.17 bits per heavy atom. The molecule has 1 spiro atoms. The molecule has 0 amide bonds. The Morgan fingerprint density at radius 1 is 1.11 bits per heavy atom. The van der Waals surface area contributed by atoms with E-state index in [0.29, 0.717) is 0 Å². The zero-order valence-electron chi connectivity index (χ0n) is 12.1. The average Bonchev–Trinajstić information content (AvgIpc) is 2.71. The molecule has 0 bridgehead atoms. The first-order valence-corrected chi connectivity index (χ1v) is 10.2. The molecule has 0 aromatic rings. The summed E-state index contributed by atoms with van der Waals surface area (Å²) in [5, 5.41) is 1.11. The van der Waals surface area contributed by atoms with Crippen molar-refractivity contribution < 1.29 is 9.53 Å². The molecule has 1 aliphatic heterocycles. The first-order chi connectivity index (χ1) is 8.61. The van der Waals surface area contributed by atoms with E-state index in [9.17, 15) is 4.79 Å². The van der Waals surface area contributed by atoms with Gasteiger partial charge in [0, 0.05) is 5.20 Å². The summed E-state index contributed by atoms with van der Waals surface area (Å²) in [5.41, 5.74) is -0.206. The molecule has 2 nitrogen and oxygen atoms in total. The van der Waals surface area contributed by atoms with Gasteiger partial charge in [-0.15, -0.1) is 0 Å². The molecule has 0 atom stereocenters. The zero-order valence-corrected chi connectivity index (χ0v) is 13.1. The zero-order chi connectivity index (χ0) is 13.2. The number of ether oxygens (including phenoxy) is 1. The van der Waals surface area contributed by atoms with Crippen LogP contribution in [0.1, 0.15) is 52.9 Å². The second-order valence-electron chi connectivity index (χ2n) is 5.91. The maximum Gasteiger partial charge on any atom is 0.330 e. The maximum atomic E-state index is 12.3. The van der Waals surface area contributed by atoms with E-state index in [1.807, 2.05) is 0 Å². The van der Waals surface area contributed by atoms with Crippen LogP contribution in [0, 0.1) is 0 Å². The number of hydrogen-bond acceptors (Lipinski definition) is 2. The molecular formula is C15H26O2Si. The Kier molecular flexibility index (Phi) is 4.00. The lowest BCUT2D eigenvalue weighted by atomic mass is 9.85. The molecule has 0 unspecified atom stereocenters. The molecule has 3 heteroatoms. The predicted octanol–water partition coefficient (Wildman–Crippen LogP) is 4.22. The third-order valence-electron chi connectivity index (χ3n) is 5.22. The van der Waals surface area contributed by atoms with Gasteiger partial charge in [-0.05, 0) is 31.8 Å². The van der Waals surface area contributed by atoms with Crippen molar-refractivity contribution >= 4 is 14.0 Å². The van der Waals surface area contributed by atoms with E-state index >= 15 is 0 Å². The number of carbonyl (C=O) groups is 1. The van der Waals surface area contributed by atoms with Crippen molar-refractivity contribution in [3.05, 3.63) is 11.3 Å². The van der Waals surface area contributed by atoms with E-state index in [1.54, 1.807) is 0 Å². The molecule has 0 aromatic carbocycles. The van der Waals surface area contributed by atoms with E-state index in [-0.39, 0.29) is 11.6 Å². The van der Waals surface area contributed by atoms with Crippen LogP contribution in [-0.2, 0) is 9.53 Å². The lowest BCUT2D eigenvalue weighted by molar-refractivity contribution is -0.148. The largest absolute Gasteiger partial charge is 0.452 e. The summed E-state index contributed by atoms with van der Waals surface area (Å²) in [6, 6.07) is 3.49. The van der Waals surface area contributed by atoms with Crippen molar-refractivity contribution in [3.8, 4) is 0 Å². The van der Waals surface area contributed by atoms with Gasteiger partial charge in [0.15, 0.2) is 0 Å². The summed E-state index contributed by atoms with van der Waals surface area (Å²) >= 11 is 0. The first-order valence-electron chi connectivity index (χ1n) is 7.58. The van der Waals surface area contributed by atoms with Crippen molar-refractivity contribution in [2.24, 2.45) is 0 Å². The van der Waals surface area contributed by atoms with Crippen LogP contribution in [0.3, 0.4) is 0 Å². The highest BCUT2D eigenvalue weighted by Gasteiger charge is 2.47. The standard InChI is InChI=1S/C15H26O2Si/c1-4-18(5-2,6-3)13-12-15(17-14(13)16)10-8-7-9-11-15/h12H,4-11H2,1-3H3. The molecular weight excluding hydrogens is 240 g/mol. The molecule has 1 aliphatic carbocycles. The molecule has 2 rings (SSSR count). The second kappa shape index (κ2) is 5.20. The summed E-state index contributed by atoms with van der Waals surface area (Å²) in [6.07, 6.45) is 8.05. The van der Waals surface area contributed by atoms with Gasteiger partial charge in [0.1, 0.15) is 5.60 Å². The van der Waals surface area contributed by atoms with Crippen LogP contribution in [-0.4, -0.2) is 19.6 Å². The third-order valence-corrected chi connectivity index (χ3v) is 10.8. The van der Waals surface area contributed by atoms with Gasteiger partial charge in [-0.25, -0.2) is 4.79 Å². The second-order valence-corrected chi connectivity index (χ2v) is 11.1. The topological polar surface area (TPSA) is 26.3 Å². The molecule has 0 saturated heterocycles. The van der Waals surface area contributed by atoms with Crippen molar-refractivity contribution in [1.82, 2.24) is 0 Å². The minimum Gasteiger partial charge on any atom is -0.452 e. The minimum absolute atomic E-state index is 0.0223. The fourth-order valence-electron chi connectivity index (χ4n) is 3.68. The highest BCUT2D eigenvalue weighted by molar-refractivity contribution is 6.90. The van der Waals surface area contributed by atoms with Gasteiger partial charge in [-0.2, -0.15) is 0 Å². The highest BCUT2D eigenvalue weighted by atomic mass is 28.3. The monoisotopic (exact) mass is 266 g/mol. The van der Waals surface area contributed by atoms with Crippen molar-refractivity contribution in [2.75, 3.05) is 0 Å². The lowest BCUT2D eigenvalue weighted by Gasteiger charge is -2.30. The van der Waals surface area contributed by atoms with Crippen LogP contribution < -0.4 is 0 Å². The van der Waals surface area contributed by atoms with Crippen LogP contribution in [0.4, 0.5) is 0 Å². The van der Waals surface area contributed by atoms with Crippen LogP contribution in [0.25, 0.3) is 0 Å². The average molecular weight is 266 g/mol. The number of carbonyl (C=O) groups excluding carboxylic acids is 1. The third kappa shape index (κ3) is 2.17. The highest BCUT2D eigenvalue weighted by Crippen LogP contribution is 2.42. The van der Waals surface area contributed by atoms with Gasteiger partial charge in [-0.1, -0.05) is 45.3 Å². The molecule has 0 N–H and O–H groups in total. The molecule has 1 fully saturated rings. The van der Waals surface area contributed by atoms with E-state index < -0.39 is 8.07 Å². The smallest absolute Gasteiger partial charge is 0.330 e. The van der Waals surface area contributed by atoms with Crippen LogP contribution in [0.15, 0.2) is 11.3 Å². The molecule has 1 saturated carbocycles. The first kappa shape index (κ1) is 13.8. The Hall–Kier alpha value is -0.573. The summed E-state index contributed by atoms with van der Waals surface area (Å²) in [4.78, 5) is 12.3. The van der Waals surface area contributed by atoms with Crippen LogP contribution in [0.5, 0.6) is 0 Å². The molecule has 1 heterocycles. The lowest BCUT2D eigenvalue weighted by Crippen LogP contribution is -2.37. The van der Waals surface area contributed by atoms with E-state index in [2.05, 4.69) is 26.8 Å².